The van der Waals surface area contributed by atoms with Crippen molar-refractivity contribution < 1.29 is 34.8 Å². The van der Waals surface area contributed by atoms with E-state index in [2.05, 4.69) is 0 Å². The molecule has 3 aliphatic carbocycles. The van der Waals surface area contributed by atoms with E-state index in [-0.39, 0.29) is 29.2 Å². The number of hydrogen-bond donors (Lipinski definition) is 6. The second-order valence-corrected chi connectivity index (χ2v) is 7.81. The third kappa shape index (κ3) is 2.19. The number of Topliss-reactive ketones (excluding diaryl/α,β-unsaturated/α-hetero) is 2. The Morgan fingerprint density at radius 3 is 2.48 bits per heavy atom. The number of hydrogen-bond acceptors (Lipinski definition) is 8. The van der Waals surface area contributed by atoms with Crippen molar-refractivity contribution in [2.24, 2.45) is 23.3 Å². The molecule has 1 aromatic carbocycles. The van der Waals surface area contributed by atoms with E-state index >= 15 is 0 Å². The quantitative estimate of drug-likeness (QED) is 0.353. The zero-order valence-electron chi connectivity index (χ0n) is 15.4. The summed E-state index contributed by atoms with van der Waals surface area (Å²) in [6.45, 7) is 1.79. The van der Waals surface area contributed by atoms with Crippen molar-refractivity contribution in [3.8, 4) is 5.75 Å². The fourth-order valence-electron chi connectivity index (χ4n) is 4.97. The monoisotopic (exact) mass is 400 g/mol. The lowest BCUT2D eigenvalue weighted by molar-refractivity contribution is -0.149. The normalized spacial score (nSPS) is 33.9. The fourth-order valence-corrected chi connectivity index (χ4v) is 4.97. The molecule has 1 aromatic rings. The van der Waals surface area contributed by atoms with Gasteiger partial charge in [0, 0.05) is 11.5 Å². The van der Waals surface area contributed by atoms with Crippen LogP contribution in [0.4, 0.5) is 0 Å². The largest absolute Gasteiger partial charge is 0.508 e. The molecule has 4 rings (SSSR count). The van der Waals surface area contributed by atoms with Gasteiger partial charge in [0.1, 0.15) is 22.8 Å². The third-order valence-electron chi connectivity index (χ3n) is 6.49. The highest BCUT2D eigenvalue weighted by atomic mass is 16.3. The van der Waals surface area contributed by atoms with Gasteiger partial charge in [0.05, 0.1) is 11.6 Å². The van der Waals surface area contributed by atoms with Crippen LogP contribution in [0.2, 0.25) is 0 Å². The van der Waals surface area contributed by atoms with E-state index in [1.54, 1.807) is 19.1 Å². The Bertz CT molecular complexity index is 1060. The minimum absolute atomic E-state index is 0.0130. The highest BCUT2D eigenvalue weighted by molar-refractivity contribution is 6.24. The number of carbonyl (C=O) groups is 3. The summed E-state index contributed by atoms with van der Waals surface area (Å²) in [6.07, 6.45) is -0.0130. The van der Waals surface area contributed by atoms with Gasteiger partial charge in [-0.2, -0.15) is 0 Å². The van der Waals surface area contributed by atoms with Crippen LogP contribution in [0.3, 0.4) is 0 Å². The molecule has 0 radical (unpaired) electrons. The zero-order chi connectivity index (χ0) is 21.4. The molecule has 0 bridgehead atoms. The molecule has 0 unspecified atom stereocenters. The van der Waals surface area contributed by atoms with Crippen LogP contribution in [-0.4, -0.2) is 49.5 Å². The summed E-state index contributed by atoms with van der Waals surface area (Å²) < 4.78 is 0. The molecule has 9 heteroatoms. The van der Waals surface area contributed by atoms with Crippen molar-refractivity contribution in [1.82, 2.24) is 0 Å². The number of nitrogens with two attached hydrogens (primary N) is 2. The Balaban J connectivity index is 2.00. The van der Waals surface area contributed by atoms with E-state index < -0.39 is 58.0 Å². The molecule has 152 valence electrons. The topological polar surface area (TPSA) is 184 Å². The number of phenolic OH excluding ortho intramolecular Hbond substituents is 1. The standard InChI is InChI=1S/C20H20N2O7/c1-6-7-3-2-4-10(23)11(7)15(24)12-8(6)5-9-14(21)16(25)13(19(22)28)18(27)20(9,29)17(12)26/h2-4,6,8-9,14,23-24,27,29H,5,21H2,1H3,(H2,22,28)/t6-,8+,9-,14-,20-/m0/s1. The molecule has 9 nitrogen and oxygen atoms in total. The van der Waals surface area contributed by atoms with E-state index in [1.807, 2.05) is 0 Å². The van der Waals surface area contributed by atoms with Crippen LogP contribution >= 0.6 is 0 Å². The Kier molecular flexibility index (Phi) is 3.91. The Hall–Kier alpha value is -3.17. The SMILES string of the molecule is C[C@H]1c2cccc(O)c2C(O)=C2C(=O)[C@]3(O)C(O)=C(C(N)=O)C(=O)[C@@H](N)[C@@H]3C[C@@H]21. The predicted octanol–water partition coefficient (Wildman–Crippen LogP) is -0.0779. The summed E-state index contributed by atoms with van der Waals surface area (Å²) in [6, 6.07) is 3.22. The number of fused-ring (bicyclic) bond motifs is 3. The maximum absolute atomic E-state index is 13.4. The molecule has 5 atom stereocenters. The molecule has 0 heterocycles. The summed E-state index contributed by atoms with van der Waals surface area (Å²) >= 11 is 0. The van der Waals surface area contributed by atoms with Gasteiger partial charge in [-0.25, -0.2) is 0 Å². The van der Waals surface area contributed by atoms with Gasteiger partial charge in [0.25, 0.3) is 5.91 Å². The minimum atomic E-state index is -2.68. The molecule has 3 aliphatic rings. The van der Waals surface area contributed by atoms with Crippen LogP contribution < -0.4 is 11.5 Å². The second-order valence-electron chi connectivity index (χ2n) is 7.81. The molecule has 0 aromatic heterocycles. The van der Waals surface area contributed by atoms with E-state index in [9.17, 15) is 34.8 Å². The number of rotatable bonds is 1. The first kappa shape index (κ1) is 19.2. The van der Waals surface area contributed by atoms with Crippen LogP contribution in [0, 0.1) is 11.8 Å². The lowest BCUT2D eigenvalue weighted by atomic mass is 9.56. The molecule has 1 fully saturated rings. The van der Waals surface area contributed by atoms with E-state index in [0.717, 1.165) is 0 Å². The van der Waals surface area contributed by atoms with Gasteiger partial charge in [-0.05, 0) is 29.9 Å². The Labute approximate surface area is 164 Å². The first-order valence-corrected chi connectivity index (χ1v) is 9.09. The first-order valence-electron chi connectivity index (χ1n) is 9.09. The van der Waals surface area contributed by atoms with E-state index in [1.165, 1.54) is 6.07 Å². The van der Waals surface area contributed by atoms with Crippen molar-refractivity contribution in [3.63, 3.8) is 0 Å². The van der Waals surface area contributed by atoms with Crippen molar-refractivity contribution >= 4 is 23.2 Å². The van der Waals surface area contributed by atoms with Crippen LogP contribution in [0.25, 0.3) is 5.76 Å². The summed E-state index contributed by atoms with van der Waals surface area (Å²) in [4.78, 5) is 37.5. The third-order valence-corrected chi connectivity index (χ3v) is 6.49. The van der Waals surface area contributed by atoms with E-state index in [4.69, 9.17) is 11.5 Å². The smallest absolute Gasteiger partial charge is 0.255 e. The van der Waals surface area contributed by atoms with Crippen molar-refractivity contribution in [2.75, 3.05) is 0 Å². The van der Waals surface area contributed by atoms with Crippen LogP contribution in [-0.2, 0) is 14.4 Å². The van der Waals surface area contributed by atoms with Crippen LogP contribution in [0.5, 0.6) is 5.75 Å². The molecular weight excluding hydrogens is 380 g/mol. The van der Waals surface area contributed by atoms with E-state index in [0.29, 0.717) is 5.56 Å². The van der Waals surface area contributed by atoms with Gasteiger partial charge in [-0.1, -0.05) is 19.1 Å². The predicted molar refractivity (Wildman–Crippen MR) is 99.5 cm³/mol. The lowest BCUT2D eigenvalue weighted by Crippen LogP contribution is -2.65. The second kappa shape index (κ2) is 5.91. The number of aromatic hydroxyl groups is 1. The number of ketones is 2. The zero-order valence-corrected chi connectivity index (χ0v) is 15.4. The Morgan fingerprint density at radius 1 is 1.21 bits per heavy atom. The number of primary amides is 1. The highest BCUT2D eigenvalue weighted by Gasteiger charge is 2.63. The molecule has 1 amide bonds. The molecule has 29 heavy (non-hydrogen) atoms. The lowest BCUT2D eigenvalue weighted by Gasteiger charge is -2.49. The summed E-state index contributed by atoms with van der Waals surface area (Å²) in [7, 11) is 0. The van der Waals surface area contributed by atoms with Crippen molar-refractivity contribution in [2.45, 2.75) is 30.9 Å². The molecular formula is C20H20N2O7. The Morgan fingerprint density at radius 2 is 1.86 bits per heavy atom. The van der Waals surface area contributed by atoms with Crippen molar-refractivity contribution in [3.05, 3.63) is 46.2 Å². The molecule has 8 N–H and O–H groups in total. The van der Waals surface area contributed by atoms with Gasteiger partial charge in [0.15, 0.2) is 11.4 Å². The number of aliphatic hydroxyl groups is 3. The maximum Gasteiger partial charge on any atom is 0.255 e. The van der Waals surface area contributed by atoms with Gasteiger partial charge < -0.3 is 31.9 Å². The minimum Gasteiger partial charge on any atom is -0.508 e. The molecule has 0 aliphatic heterocycles. The summed E-state index contributed by atoms with van der Waals surface area (Å²) in [5.74, 6) is -7.44. The van der Waals surface area contributed by atoms with Crippen LogP contribution in [0.15, 0.2) is 35.1 Å². The number of amides is 1. The molecule has 0 spiro atoms. The number of aliphatic hydroxyl groups excluding tert-OH is 2. The molecule has 1 saturated carbocycles. The average molecular weight is 400 g/mol. The van der Waals surface area contributed by atoms with Gasteiger partial charge in [-0.3, -0.25) is 14.4 Å². The summed E-state index contributed by atoms with van der Waals surface area (Å²) in [5, 5.41) is 42.7. The molecule has 0 saturated heterocycles. The van der Waals surface area contributed by atoms with Gasteiger partial charge >= 0.3 is 0 Å². The number of phenols is 1. The van der Waals surface area contributed by atoms with Gasteiger partial charge in [0.2, 0.25) is 5.78 Å². The first-order chi connectivity index (χ1) is 13.5. The number of carbonyl (C=O) groups excluding carboxylic acids is 3. The maximum atomic E-state index is 13.4. The highest BCUT2D eigenvalue weighted by Crippen LogP contribution is 2.55. The average Bonchev–Trinajstić information content (AvgIpc) is 2.66. The van der Waals surface area contributed by atoms with Gasteiger partial charge in [-0.15, -0.1) is 0 Å². The number of benzene rings is 1. The van der Waals surface area contributed by atoms with Crippen LogP contribution in [0.1, 0.15) is 30.4 Å². The fraction of sp³-hybridized carbons (Fsp3) is 0.350. The van der Waals surface area contributed by atoms with Crippen molar-refractivity contribution in [1.29, 1.82) is 0 Å². The summed E-state index contributed by atoms with van der Waals surface area (Å²) in [5.41, 5.74) is 7.98.